The summed E-state index contributed by atoms with van der Waals surface area (Å²) in [4.78, 5) is 8.23. The van der Waals surface area contributed by atoms with Crippen molar-refractivity contribution in [2.45, 2.75) is 25.8 Å². The number of hydrogen-bond donors (Lipinski definition) is 1. The molecule has 2 rings (SSSR count). The molecular formula is C15H17BrFN3. The molecule has 0 fully saturated rings. The highest BCUT2D eigenvalue weighted by atomic mass is 79.9. The van der Waals surface area contributed by atoms with Gasteiger partial charge in [0.2, 0.25) is 0 Å². The SMILES string of the molecule is CCCNC(Cc1cc(F)cc(Br)c1)c1ccncn1. The quantitative estimate of drug-likeness (QED) is 0.873. The van der Waals surface area contributed by atoms with Crippen LogP contribution in [0.5, 0.6) is 0 Å². The Morgan fingerprint density at radius 3 is 2.85 bits per heavy atom. The molecule has 3 nitrogen and oxygen atoms in total. The summed E-state index contributed by atoms with van der Waals surface area (Å²) >= 11 is 3.33. The molecule has 0 radical (unpaired) electrons. The molecule has 0 amide bonds. The summed E-state index contributed by atoms with van der Waals surface area (Å²) in [6.07, 6.45) is 4.99. The molecule has 1 N–H and O–H groups in total. The van der Waals surface area contributed by atoms with Crippen LogP contribution in [0.1, 0.15) is 30.6 Å². The van der Waals surface area contributed by atoms with Crippen molar-refractivity contribution in [3.05, 3.63) is 58.3 Å². The maximum Gasteiger partial charge on any atom is 0.124 e. The van der Waals surface area contributed by atoms with Crippen LogP contribution in [-0.2, 0) is 6.42 Å². The van der Waals surface area contributed by atoms with Gasteiger partial charge in [-0.05, 0) is 49.2 Å². The predicted molar refractivity (Wildman–Crippen MR) is 80.9 cm³/mol. The van der Waals surface area contributed by atoms with E-state index in [2.05, 4.69) is 38.1 Å². The molecule has 0 saturated heterocycles. The van der Waals surface area contributed by atoms with Crippen LogP contribution in [-0.4, -0.2) is 16.5 Å². The zero-order valence-electron chi connectivity index (χ0n) is 11.3. The van der Waals surface area contributed by atoms with E-state index in [-0.39, 0.29) is 11.9 Å². The molecule has 0 aliphatic carbocycles. The smallest absolute Gasteiger partial charge is 0.124 e. The maximum absolute atomic E-state index is 13.5. The van der Waals surface area contributed by atoms with Crippen molar-refractivity contribution < 1.29 is 4.39 Å². The van der Waals surface area contributed by atoms with Gasteiger partial charge in [-0.25, -0.2) is 14.4 Å². The van der Waals surface area contributed by atoms with Crippen LogP contribution < -0.4 is 5.32 Å². The number of hydrogen-bond acceptors (Lipinski definition) is 3. The van der Waals surface area contributed by atoms with E-state index in [0.717, 1.165) is 28.7 Å². The zero-order valence-corrected chi connectivity index (χ0v) is 12.9. The van der Waals surface area contributed by atoms with Gasteiger partial charge in [-0.15, -0.1) is 0 Å². The average molecular weight is 338 g/mol. The van der Waals surface area contributed by atoms with Gasteiger partial charge in [-0.3, -0.25) is 0 Å². The Balaban J connectivity index is 2.19. The molecule has 1 heterocycles. The van der Waals surface area contributed by atoms with E-state index in [9.17, 15) is 4.39 Å². The Morgan fingerprint density at radius 2 is 2.20 bits per heavy atom. The van der Waals surface area contributed by atoms with Crippen molar-refractivity contribution in [2.24, 2.45) is 0 Å². The van der Waals surface area contributed by atoms with Gasteiger partial charge < -0.3 is 5.32 Å². The molecule has 1 unspecified atom stereocenters. The van der Waals surface area contributed by atoms with Crippen LogP contribution in [0.2, 0.25) is 0 Å². The van der Waals surface area contributed by atoms with E-state index in [0.29, 0.717) is 6.42 Å². The minimum Gasteiger partial charge on any atom is -0.308 e. The van der Waals surface area contributed by atoms with Crippen molar-refractivity contribution in [2.75, 3.05) is 6.54 Å². The third kappa shape index (κ3) is 4.35. The summed E-state index contributed by atoms with van der Waals surface area (Å²) < 4.78 is 14.2. The lowest BCUT2D eigenvalue weighted by Crippen LogP contribution is -2.25. The van der Waals surface area contributed by atoms with Crippen molar-refractivity contribution in [1.29, 1.82) is 0 Å². The second kappa shape index (κ2) is 7.45. The van der Waals surface area contributed by atoms with Crippen LogP contribution >= 0.6 is 15.9 Å². The molecular weight excluding hydrogens is 321 g/mol. The molecule has 2 aromatic rings. The van der Waals surface area contributed by atoms with Crippen LogP contribution in [0, 0.1) is 5.82 Å². The molecule has 0 spiro atoms. The Bertz CT molecular complexity index is 528. The largest absolute Gasteiger partial charge is 0.308 e. The van der Waals surface area contributed by atoms with E-state index in [4.69, 9.17) is 0 Å². The number of halogens is 2. The third-order valence-corrected chi connectivity index (χ3v) is 3.42. The van der Waals surface area contributed by atoms with Gasteiger partial charge in [0, 0.05) is 10.7 Å². The Kier molecular flexibility index (Phi) is 5.61. The van der Waals surface area contributed by atoms with Crippen LogP contribution in [0.15, 0.2) is 41.3 Å². The Hall–Kier alpha value is -1.33. The first-order valence-electron chi connectivity index (χ1n) is 6.63. The molecule has 1 aromatic carbocycles. The van der Waals surface area contributed by atoms with Gasteiger partial charge in [0.1, 0.15) is 12.1 Å². The molecule has 5 heteroatoms. The monoisotopic (exact) mass is 337 g/mol. The van der Waals surface area contributed by atoms with Gasteiger partial charge >= 0.3 is 0 Å². The first-order chi connectivity index (χ1) is 9.69. The maximum atomic E-state index is 13.5. The summed E-state index contributed by atoms with van der Waals surface area (Å²) in [5, 5.41) is 3.45. The van der Waals surface area contributed by atoms with E-state index in [1.165, 1.54) is 12.4 Å². The van der Waals surface area contributed by atoms with Gasteiger partial charge in [-0.1, -0.05) is 22.9 Å². The molecule has 0 aliphatic rings. The highest BCUT2D eigenvalue weighted by Gasteiger charge is 2.13. The number of benzene rings is 1. The summed E-state index contributed by atoms with van der Waals surface area (Å²) in [6.45, 7) is 3.01. The topological polar surface area (TPSA) is 37.8 Å². The molecule has 106 valence electrons. The van der Waals surface area contributed by atoms with Gasteiger partial charge in [0.05, 0.1) is 11.7 Å². The molecule has 1 atom stereocenters. The Labute approximate surface area is 126 Å². The number of nitrogens with zero attached hydrogens (tertiary/aromatic N) is 2. The zero-order chi connectivity index (χ0) is 14.4. The third-order valence-electron chi connectivity index (χ3n) is 2.96. The molecule has 0 saturated carbocycles. The summed E-state index contributed by atoms with van der Waals surface area (Å²) in [6, 6.07) is 6.91. The highest BCUT2D eigenvalue weighted by Crippen LogP contribution is 2.20. The first-order valence-corrected chi connectivity index (χ1v) is 7.42. The van der Waals surface area contributed by atoms with Crippen molar-refractivity contribution in [1.82, 2.24) is 15.3 Å². The van der Waals surface area contributed by atoms with Crippen LogP contribution in [0.3, 0.4) is 0 Å². The molecule has 0 aliphatic heterocycles. The molecule has 0 bridgehead atoms. The predicted octanol–water partition coefficient (Wildman–Crippen LogP) is 3.66. The average Bonchev–Trinajstić information content (AvgIpc) is 2.43. The lowest BCUT2D eigenvalue weighted by Gasteiger charge is -2.18. The minimum atomic E-state index is -0.230. The van der Waals surface area contributed by atoms with E-state index in [1.54, 1.807) is 12.3 Å². The van der Waals surface area contributed by atoms with Crippen molar-refractivity contribution >= 4 is 15.9 Å². The minimum absolute atomic E-state index is 0.0617. The van der Waals surface area contributed by atoms with E-state index in [1.807, 2.05) is 12.1 Å². The fourth-order valence-corrected chi connectivity index (χ4v) is 2.58. The number of rotatable bonds is 6. The normalized spacial score (nSPS) is 12.3. The molecule has 1 aromatic heterocycles. The number of aromatic nitrogens is 2. The lowest BCUT2D eigenvalue weighted by molar-refractivity contribution is 0.515. The number of nitrogens with one attached hydrogen (secondary N) is 1. The van der Waals surface area contributed by atoms with E-state index < -0.39 is 0 Å². The lowest BCUT2D eigenvalue weighted by atomic mass is 10.0. The standard InChI is InChI=1S/C15H17BrFN3/c1-2-4-19-15(14-3-5-18-10-20-14)8-11-6-12(16)9-13(17)7-11/h3,5-7,9-10,15,19H,2,4,8H2,1H3. The van der Waals surface area contributed by atoms with Gasteiger partial charge in [0.25, 0.3) is 0 Å². The van der Waals surface area contributed by atoms with Gasteiger partial charge in [-0.2, -0.15) is 0 Å². The summed E-state index contributed by atoms with van der Waals surface area (Å²) in [7, 11) is 0. The second-order valence-electron chi connectivity index (χ2n) is 4.62. The van der Waals surface area contributed by atoms with Crippen molar-refractivity contribution in [3.63, 3.8) is 0 Å². The second-order valence-corrected chi connectivity index (χ2v) is 5.54. The van der Waals surface area contributed by atoms with Crippen LogP contribution in [0.25, 0.3) is 0 Å². The van der Waals surface area contributed by atoms with Gasteiger partial charge in [0.15, 0.2) is 0 Å². The fourth-order valence-electron chi connectivity index (χ4n) is 2.07. The van der Waals surface area contributed by atoms with Crippen LogP contribution in [0.4, 0.5) is 4.39 Å². The molecule has 20 heavy (non-hydrogen) atoms. The Morgan fingerprint density at radius 1 is 1.35 bits per heavy atom. The highest BCUT2D eigenvalue weighted by molar-refractivity contribution is 9.10. The fraction of sp³-hybridized carbons (Fsp3) is 0.333. The first kappa shape index (κ1) is 15.1. The summed E-state index contributed by atoms with van der Waals surface area (Å²) in [5.74, 6) is -0.230. The summed E-state index contributed by atoms with van der Waals surface area (Å²) in [5.41, 5.74) is 1.86. The van der Waals surface area contributed by atoms with Crippen molar-refractivity contribution in [3.8, 4) is 0 Å². The van der Waals surface area contributed by atoms with E-state index >= 15 is 0 Å².